The van der Waals surface area contributed by atoms with Crippen LogP contribution < -0.4 is 11.1 Å². The van der Waals surface area contributed by atoms with Gasteiger partial charge in [0.15, 0.2) is 0 Å². The van der Waals surface area contributed by atoms with Gasteiger partial charge in [-0.05, 0) is 38.7 Å². The van der Waals surface area contributed by atoms with Crippen LogP contribution in [0.25, 0.3) is 0 Å². The van der Waals surface area contributed by atoms with Crippen LogP contribution in [0.2, 0.25) is 0 Å². The van der Waals surface area contributed by atoms with Crippen molar-refractivity contribution in [3.63, 3.8) is 0 Å². The minimum Gasteiger partial charge on any atom is -0.397 e. The number of nitrogens with zero attached hydrogens (tertiary/aromatic N) is 1. The molecule has 0 unspecified atom stereocenters. The van der Waals surface area contributed by atoms with Crippen LogP contribution in [0.3, 0.4) is 0 Å². The monoisotopic (exact) mass is 263 g/mol. The topological polar surface area (TPSA) is 60.0 Å². The Morgan fingerprint density at radius 3 is 2.74 bits per heavy atom. The normalized spacial score (nSPS) is 16.8. The molecule has 0 aliphatic heterocycles. The highest BCUT2D eigenvalue weighted by atomic mass is 16.1. The molecule has 4 heteroatoms. The Balaban J connectivity index is 1.95. The Kier molecular flexibility index (Phi) is 4.51. The minimum atomic E-state index is -0.00373. The van der Waals surface area contributed by atoms with Gasteiger partial charge in [0.05, 0.1) is 5.69 Å². The molecular formula is C15H25N3O. The predicted molar refractivity (Wildman–Crippen MR) is 78.1 cm³/mol. The predicted octanol–water partition coefficient (Wildman–Crippen LogP) is 2.96. The Morgan fingerprint density at radius 2 is 2.11 bits per heavy atom. The zero-order chi connectivity index (χ0) is 13.8. The van der Waals surface area contributed by atoms with Gasteiger partial charge in [-0.1, -0.05) is 19.3 Å². The van der Waals surface area contributed by atoms with Crippen LogP contribution in [0.1, 0.15) is 62.5 Å². The van der Waals surface area contributed by atoms with Crippen LogP contribution in [0.5, 0.6) is 0 Å². The lowest BCUT2D eigenvalue weighted by atomic mass is 9.89. The van der Waals surface area contributed by atoms with E-state index in [2.05, 4.69) is 19.2 Å². The van der Waals surface area contributed by atoms with Crippen LogP contribution in [0, 0.1) is 5.92 Å². The molecule has 1 aromatic rings. The van der Waals surface area contributed by atoms with E-state index in [1.54, 1.807) is 6.07 Å². The van der Waals surface area contributed by atoms with E-state index in [0.29, 0.717) is 17.3 Å². The van der Waals surface area contributed by atoms with E-state index in [9.17, 15) is 4.79 Å². The molecule has 106 valence electrons. The fourth-order valence-corrected chi connectivity index (χ4v) is 2.83. The lowest BCUT2D eigenvalue weighted by molar-refractivity contribution is 0.0933. The second kappa shape index (κ2) is 6.13. The minimum absolute atomic E-state index is 0.00373. The second-order valence-electron chi connectivity index (χ2n) is 5.87. The standard InChI is InChI=1S/C15H25N3O/c1-11(2)18-10-13(16)8-14(18)15(19)17-9-12-6-4-3-5-7-12/h8,10-12H,3-7,9,16H2,1-2H3,(H,17,19). The zero-order valence-corrected chi connectivity index (χ0v) is 12.0. The Bertz CT molecular complexity index is 431. The van der Waals surface area contributed by atoms with Crippen LogP contribution >= 0.6 is 0 Å². The number of nitrogens with two attached hydrogens (primary N) is 1. The number of hydrogen-bond acceptors (Lipinski definition) is 2. The summed E-state index contributed by atoms with van der Waals surface area (Å²) in [6.45, 7) is 4.90. The average Bonchev–Trinajstić information content (AvgIpc) is 2.79. The third-order valence-electron chi connectivity index (χ3n) is 3.93. The number of anilines is 1. The smallest absolute Gasteiger partial charge is 0.268 e. The van der Waals surface area contributed by atoms with E-state index in [-0.39, 0.29) is 11.9 Å². The van der Waals surface area contributed by atoms with E-state index in [1.165, 1.54) is 32.1 Å². The molecule has 1 amide bonds. The number of nitrogens with one attached hydrogen (secondary N) is 1. The molecule has 0 spiro atoms. The van der Waals surface area contributed by atoms with Crippen molar-refractivity contribution in [2.75, 3.05) is 12.3 Å². The maximum absolute atomic E-state index is 12.2. The summed E-state index contributed by atoms with van der Waals surface area (Å²) in [5.74, 6) is 0.647. The van der Waals surface area contributed by atoms with Crippen molar-refractivity contribution >= 4 is 11.6 Å². The van der Waals surface area contributed by atoms with E-state index in [1.807, 2.05) is 10.8 Å². The maximum atomic E-state index is 12.2. The Hall–Kier alpha value is -1.45. The lowest BCUT2D eigenvalue weighted by Crippen LogP contribution is -2.31. The fraction of sp³-hybridized carbons (Fsp3) is 0.667. The van der Waals surface area contributed by atoms with E-state index in [4.69, 9.17) is 5.73 Å². The van der Waals surface area contributed by atoms with E-state index in [0.717, 1.165) is 6.54 Å². The molecule has 1 heterocycles. The summed E-state index contributed by atoms with van der Waals surface area (Å²) in [5.41, 5.74) is 7.11. The van der Waals surface area contributed by atoms with Crippen LogP contribution in [0.4, 0.5) is 5.69 Å². The van der Waals surface area contributed by atoms with Gasteiger partial charge in [-0.25, -0.2) is 0 Å². The van der Waals surface area contributed by atoms with Crippen molar-refractivity contribution in [2.45, 2.75) is 52.0 Å². The van der Waals surface area contributed by atoms with Gasteiger partial charge in [0, 0.05) is 18.8 Å². The van der Waals surface area contributed by atoms with Gasteiger partial charge in [0.25, 0.3) is 5.91 Å². The molecule has 0 saturated heterocycles. The zero-order valence-electron chi connectivity index (χ0n) is 12.0. The number of carbonyl (C=O) groups is 1. The molecule has 1 aliphatic carbocycles. The largest absolute Gasteiger partial charge is 0.397 e. The average molecular weight is 263 g/mol. The molecular weight excluding hydrogens is 238 g/mol. The summed E-state index contributed by atoms with van der Waals surface area (Å²) in [7, 11) is 0. The molecule has 1 fully saturated rings. The van der Waals surface area contributed by atoms with Crippen LogP contribution in [-0.4, -0.2) is 17.0 Å². The van der Waals surface area contributed by atoms with Gasteiger partial charge < -0.3 is 15.6 Å². The van der Waals surface area contributed by atoms with Crippen molar-refractivity contribution in [1.29, 1.82) is 0 Å². The Morgan fingerprint density at radius 1 is 1.42 bits per heavy atom. The molecule has 3 N–H and O–H groups in total. The number of nitrogen functional groups attached to an aromatic ring is 1. The molecule has 2 rings (SSSR count). The summed E-state index contributed by atoms with van der Waals surface area (Å²) in [6, 6.07) is 2.00. The van der Waals surface area contributed by atoms with Crippen LogP contribution in [-0.2, 0) is 0 Å². The Labute approximate surface area is 115 Å². The maximum Gasteiger partial charge on any atom is 0.268 e. The van der Waals surface area contributed by atoms with Gasteiger partial charge >= 0.3 is 0 Å². The van der Waals surface area contributed by atoms with Crippen molar-refractivity contribution in [1.82, 2.24) is 9.88 Å². The SMILES string of the molecule is CC(C)n1cc(N)cc1C(=O)NCC1CCCCC1. The number of carbonyl (C=O) groups excluding carboxylic acids is 1. The first-order valence-electron chi connectivity index (χ1n) is 7.33. The fourth-order valence-electron chi connectivity index (χ4n) is 2.83. The van der Waals surface area contributed by atoms with Gasteiger partial charge in [-0.3, -0.25) is 4.79 Å². The molecule has 1 saturated carbocycles. The number of amides is 1. The highest BCUT2D eigenvalue weighted by molar-refractivity contribution is 5.93. The molecule has 1 aliphatic rings. The second-order valence-corrected chi connectivity index (χ2v) is 5.87. The van der Waals surface area contributed by atoms with Gasteiger partial charge in [-0.15, -0.1) is 0 Å². The van der Waals surface area contributed by atoms with Crippen LogP contribution in [0.15, 0.2) is 12.3 Å². The van der Waals surface area contributed by atoms with E-state index < -0.39 is 0 Å². The third-order valence-corrected chi connectivity index (χ3v) is 3.93. The first kappa shape index (κ1) is 14.0. The molecule has 1 aromatic heterocycles. The van der Waals surface area contributed by atoms with E-state index >= 15 is 0 Å². The van der Waals surface area contributed by atoms with Crippen molar-refractivity contribution < 1.29 is 4.79 Å². The first-order valence-corrected chi connectivity index (χ1v) is 7.33. The molecule has 0 atom stereocenters. The molecule has 19 heavy (non-hydrogen) atoms. The molecule has 0 bridgehead atoms. The summed E-state index contributed by atoms with van der Waals surface area (Å²) < 4.78 is 1.94. The summed E-state index contributed by atoms with van der Waals surface area (Å²) in [5, 5.41) is 3.06. The quantitative estimate of drug-likeness (QED) is 0.877. The van der Waals surface area contributed by atoms with Gasteiger partial charge in [-0.2, -0.15) is 0 Å². The lowest BCUT2D eigenvalue weighted by Gasteiger charge is -2.22. The first-order chi connectivity index (χ1) is 9.08. The molecule has 0 aromatic carbocycles. The summed E-state index contributed by atoms with van der Waals surface area (Å²) >= 11 is 0. The molecule has 0 radical (unpaired) electrons. The summed E-state index contributed by atoms with van der Waals surface area (Å²) in [6.07, 6.45) is 8.27. The summed E-state index contributed by atoms with van der Waals surface area (Å²) in [4.78, 5) is 12.2. The number of rotatable bonds is 4. The van der Waals surface area contributed by atoms with Crippen molar-refractivity contribution in [2.24, 2.45) is 5.92 Å². The third kappa shape index (κ3) is 3.52. The van der Waals surface area contributed by atoms with Crippen molar-refractivity contribution in [3.05, 3.63) is 18.0 Å². The number of hydrogen-bond donors (Lipinski definition) is 2. The molecule has 4 nitrogen and oxygen atoms in total. The van der Waals surface area contributed by atoms with Gasteiger partial charge in [0.1, 0.15) is 5.69 Å². The number of aromatic nitrogens is 1. The highest BCUT2D eigenvalue weighted by Crippen LogP contribution is 2.23. The van der Waals surface area contributed by atoms with Crippen molar-refractivity contribution in [3.8, 4) is 0 Å². The highest BCUT2D eigenvalue weighted by Gasteiger charge is 2.18. The van der Waals surface area contributed by atoms with Gasteiger partial charge in [0.2, 0.25) is 0 Å².